The molecule has 4 aliphatic rings. The van der Waals surface area contributed by atoms with Gasteiger partial charge in [-0.05, 0) is 0 Å². The lowest BCUT2D eigenvalue weighted by Gasteiger charge is -2.47. The number of hydrogen-bond donors (Lipinski definition) is 10. The predicted molar refractivity (Wildman–Crippen MR) is 268 cm³/mol. The predicted octanol–water partition coefficient (Wildman–Crippen LogP) is 4.39. The molecule has 8 rings (SSSR count). The Morgan fingerprint density at radius 3 is 1.24 bits per heavy atom. The molecule has 0 radical (unpaired) electrons. The molecule has 4 aromatic carbocycles. The highest BCUT2D eigenvalue weighted by molar-refractivity contribution is 5.20. The molecule has 4 aliphatic heterocycles. The Hall–Kier alpha value is -3.84. The van der Waals surface area contributed by atoms with E-state index in [1.807, 2.05) is 140 Å². The van der Waals surface area contributed by atoms with Gasteiger partial charge < -0.3 is 89.0 Å². The molecule has 406 valence electrons. The molecule has 0 bridgehead atoms. The molecule has 4 saturated heterocycles. The van der Waals surface area contributed by atoms with E-state index in [1.165, 1.54) is 0 Å². The lowest BCUT2D eigenvalue weighted by Crippen LogP contribution is -2.58. The van der Waals surface area contributed by atoms with Gasteiger partial charge in [-0.1, -0.05) is 177 Å². The molecule has 16 unspecified atom stereocenters. The highest BCUT2D eigenvalue weighted by Gasteiger charge is 2.48. The molecule has 4 fully saturated rings. The van der Waals surface area contributed by atoms with Crippen LogP contribution >= 0.6 is 0 Å². The van der Waals surface area contributed by atoms with Crippen LogP contribution in [0.3, 0.4) is 0 Å². The summed E-state index contributed by atoms with van der Waals surface area (Å²) in [7, 11) is 0. The average molecular weight is 1020 g/mol. The second-order valence-electron chi connectivity index (χ2n) is 15.4. The van der Waals surface area contributed by atoms with Crippen molar-refractivity contribution < 1.29 is 89.0 Å². The monoisotopic (exact) mass is 1020 g/mol. The summed E-state index contributed by atoms with van der Waals surface area (Å²) in [6.07, 6.45) is -14.6. The van der Waals surface area contributed by atoms with E-state index in [9.17, 15) is 40.9 Å². The first-order valence-corrected chi connectivity index (χ1v) is 24.9. The van der Waals surface area contributed by atoms with Gasteiger partial charge in [0.05, 0.1) is 39.6 Å². The van der Waals surface area contributed by atoms with Crippen molar-refractivity contribution in [2.45, 2.75) is 154 Å². The molecular weight excluding hydrogens is 937 g/mol. The summed E-state index contributed by atoms with van der Waals surface area (Å²) in [6.45, 7) is 14.3. The summed E-state index contributed by atoms with van der Waals surface area (Å²) >= 11 is 0. The van der Waals surface area contributed by atoms with Gasteiger partial charge in [-0.15, -0.1) is 0 Å². The van der Waals surface area contributed by atoms with Crippen LogP contribution in [0.4, 0.5) is 0 Å². The summed E-state index contributed by atoms with van der Waals surface area (Å²) in [5.41, 5.74) is 3.19. The fraction of sp³-hybridized carbons (Fsp3) is 0.556. The Morgan fingerprint density at radius 2 is 0.806 bits per heavy atom. The molecule has 10 N–H and O–H groups in total. The topological polar surface area (TPSA) is 276 Å². The summed E-state index contributed by atoms with van der Waals surface area (Å²) in [4.78, 5) is 0. The first-order chi connectivity index (χ1) is 35.1. The number of fused-ring (bicyclic) bond motifs is 1. The van der Waals surface area contributed by atoms with Crippen molar-refractivity contribution in [2.24, 2.45) is 0 Å². The maximum absolute atomic E-state index is 10.3. The van der Waals surface area contributed by atoms with Gasteiger partial charge in [0.15, 0.2) is 25.2 Å². The molecule has 0 saturated carbocycles. The van der Waals surface area contributed by atoms with E-state index in [-0.39, 0.29) is 6.61 Å². The van der Waals surface area contributed by atoms with Crippen LogP contribution in [0.1, 0.15) is 103 Å². The van der Waals surface area contributed by atoms with Gasteiger partial charge in [0.1, 0.15) is 73.2 Å². The van der Waals surface area contributed by atoms with E-state index >= 15 is 0 Å². The standard InChI is InChI=1S/C20H22O6.2C13H18O6.4C2H6/c21-11-15(22)17-18-16(24-20(25-17)14-9-5-2-6-10-14)12-23-19(26-18)13-7-3-1-4-8-13;14-6-9(16)12-11(17)10(7-15)18-13(19-12)8-4-2-1-3-5-8;14-6-9(15)11(17)12-10(16)7-18-13(19-12)8-4-2-1-3-5-8;4*1-2/h1-10,15-22H,11-12H2;2*1-5,9-17H,6-7H2;4*1-2H3. The smallest absolute Gasteiger partial charge is 0.184 e. The van der Waals surface area contributed by atoms with Crippen molar-refractivity contribution >= 4 is 0 Å². The number of rotatable bonds is 12. The maximum Gasteiger partial charge on any atom is 0.184 e. The molecule has 0 spiro atoms. The highest BCUT2D eigenvalue weighted by atomic mass is 16.8. The summed E-state index contributed by atoms with van der Waals surface area (Å²) in [6, 6.07) is 37.1. The Morgan fingerprint density at radius 1 is 0.431 bits per heavy atom. The van der Waals surface area contributed by atoms with Crippen LogP contribution < -0.4 is 0 Å². The van der Waals surface area contributed by atoms with Gasteiger partial charge in [0, 0.05) is 22.3 Å². The minimum Gasteiger partial charge on any atom is -0.394 e. The van der Waals surface area contributed by atoms with E-state index in [0.29, 0.717) is 12.2 Å². The summed E-state index contributed by atoms with van der Waals surface area (Å²) < 4.78 is 45.6. The van der Waals surface area contributed by atoms with Gasteiger partial charge in [0.25, 0.3) is 0 Å². The van der Waals surface area contributed by atoms with Crippen molar-refractivity contribution in [1.29, 1.82) is 0 Å². The largest absolute Gasteiger partial charge is 0.394 e. The minimum absolute atomic E-state index is 0.0144. The first-order valence-electron chi connectivity index (χ1n) is 24.9. The summed E-state index contributed by atoms with van der Waals surface area (Å²) in [5.74, 6) is 0. The van der Waals surface area contributed by atoms with Crippen molar-refractivity contribution in [1.82, 2.24) is 0 Å². The fourth-order valence-corrected chi connectivity index (χ4v) is 7.35. The number of benzene rings is 4. The molecule has 16 atom stereocenters. The van der Waals surface area contributed by atoms with Gasteiger partial charge in [-0.2, -0.15) is 0 Å². The van der Waals surface area contributed by atoms with Crippen LogP contribution in [-0.4, -0.2) is 164 Å². The van der Waals surface area contributed by atoms with Crippen LogP contribution in [0.5, 0.6) is 0 Å². The van der Waals surface area contributed by atoms with E-state index in [0.717, 1.165) is 16.7 Å². The fourth-order valence-electron chi connectivity index (χ4n) is 7.35. The van der Waals surface area contributed by atoms with E-state index in [2.05, 4.69) is 0 Å². The van der Waals surface area contributed by atoms with Gasteiger partial charge in [0.2, 0.25) is 0 Å². The Balaban J connectivity index is 0.000000351. The lowest BCUT2D eigenvalue weighted by atomic mass is 9.99. The number of hydrogen-bond acceptors (Lipinski definition) is 18. The van der Waals surface area contributed by atoms with Gasteiger partial charge in [-0.3, -0.25) is 0 Å². The zero-order valence-corrected chi connectivity index (χ0v) is 42.8. The van der Waals surface area contributed by atoms with Crippen LogP contribution in [0, 0.1) is 0 Å². The normalized spacial score (nSPS) is 29.0. The molecule has 18 heteroatoms. The van der Waals surface area contributed by atoms with Crippen molar-refractivity contribution in [2.75, 3.05) is 39.6 Å². The molecule has 4 aromatic rings. The van der Waals surface area contributed by atoms with Crippen LogP contribution in [0.2, 0.25) is 0 Å². The van der Waals surface area contributed by atoms with Crippen molar-refractivity contribution in [3.05, 3.63) is 144 Å². The van der Waals surface area contributed by atoms with Crippen LogP contribution in [0.25, 0.3) is 0 Å². The molecule has 0 aromatic heterocycles. The van der Waals surface area contributed by atoms with Gasteiger partial charge in [-0.25, -0.2) is 0 Å². The molecule has 18 nitrogen and oxygen atoms in total. The third-order valence-corrected chi connectivity index (χ3v) is 10.9. The quantitative estimate of drug-likeness (QED) is 0.0942. The Bertz CT molecular complexity index is 1880. The Labute approximate surface area is 424 Å². The molecular formula is C54H82O18. The molecule has 4 heterocycles. The second kappa shape index (κ2) is 36.2. The average Bonchev–Trinajstić information content (AvgIpc) is 3.47. The maximum atomic E-state index is 10.3. The zero-order valence-electron chi connectivity index (χ0n) is 42.8. The van der Waals surface area contributed by atoms with E-state index in [1.54, 1.807) is 36.4 Å². The zero-order chi connectivity index (χ0) is 53.6. The minimum atomic E-state index is -1.38. The van der Waals surface area contributed by atoms with Crippen molar-refractivity contribution in [3.63, 3.8) is 0 Å². The Kier molecular flexibility index (Phi) is 32.3. The molecule has 0 aliphatic carbocycles. The number of ether oxygens (including phenoxy) is 8. The number of aliphatic hydroxyl groups excluding tert-OH is 10. The molecule has 0 amide bonds. The first kappa shape index (κ1) is 64.3. The SMILES string of the molecule is CC.CC.CC.CC.OCC(O)C(O)C1OC(c2ccccc2)OCC1O.OCC(O)C1OC(c2ccccc2)OC(CO)C1O.OCC(O)C1OC(c2ccccc2)OC2COC(c3ccccc3)OC21. The van der Waals surface area contributed by atoms with E-state index in [4.69, 9.17) is 48.1 Å². The van der Waals surface area contributed by atoms with Crippen molar-refractivity contribution in [3.8, 4) is 0 Å². The lowest BCUT2D eigenvalue weighted by molar-refractivity contribution is -0.373. The third kappa shape index (κ3) is 18.8. The van der Waals surface area contributed by atoms with E-state index < -0.39 is 125 Å². The highest BCUT2D eigenvalue weighted by Crippen LogP contribution is 2.39. The molecule has 72 heavy (non-hydrogen) atoms. The number of aliphatic hydroxyl groups is 10. The van der Waals surface area contributed by atoms with Crippen LogP contribution in [-0.2, 0) is 37.9 Å². The second-order valence-corrected chi connectivity index (χ2v) is 15.4. The third-order valence-electron chi connectivity index (χ3n) is 10.9. The van der Waals surface area contributed by atoms with Crippen LogP contribution in [0.15, 0.2) is 121 Å². The van der Waals surface area contributed by atoms with Gasteiger partial charge >= 0.3 is 0 Å². The summed E-state index contributed by atoms with van der Waals surface area (Å²) in [5, 5.41) is 95.3.